The lowest BCUT2D eigenvalue weighted by Gasteiger charge is -2.30. The number of alkyl halides is 3. The van der Waals surface area contributed by atoms with Gasteiger partial charge in [-0.15, -0.1) is 0 Å². The van der Waals surface area contributed by atoms with Crippen molar-refractivity contribution in [1.82, 2.24) is 10.2 Å². The van der Waals surface area contributed by atoms with Gasteiger partial charge >= 0.3 is 6.18 Å². The largest absolute Gasteiger partial charge is 0.497 e. The van der Waals surface area contributed by atoms with Crippen molar-refractivity contribution in [3.8, 4) is 5.75 Å². The zero-order valence-corrected chi connectivity index (χ0v) is 23.7. The average molecular weight is 584 g/mol. The number of nitrogens with one attached hydrogen (secondary N) is 1. The van der Waals surface area contributed by atoms with E-state index in [0.717, 1.165) is 60.0 Å². The maximum absolute atomic E-state index is 13.4. The fourth-order valence-electron chi connectivity index (χ4n) is 4.78. The Morgan fingerprint density at radius 3 is 2.40 bits per heavy atom. The summed E-state index contributed by atoms with van der Waals surface area (Å²) >= 11 is 0. The number of anilines is 1. The SMILES string of the molecule is COc1cccc(CN(C(=O)CCCN(c2cccc(C(F)(F)F)c2)S(C)(=O)=O)[C@@H](C)C(=O)NC2CCCC2)c1. The summed E-state index contributed by atoms with van der Waals surface area (Å²) in [6.45, 7) is 1.56. The van der Waals surface area contributed by atoms with E-state index in [-0.39, 0.29) is 49.5 Å². The van der Waals surface area contributed by atoms with Crippen molar-refractivity contribution in [2.24, 2.45) is 0 Å². The van der Waals surface area contributed by atoms with Crippen molar-refractivity contribution in [3.63, 3.8) is 0 Å². The Balaban J connectivity index is 1.76. The van der Waals surface area contributed by atoms with Gasteiger partial charge in [0.1, 0.15) is 11.8 Å². The summed E-state index contributed by atoms with van der Waals surface area (Å²) < 4.78 is 70.7. The van der Waals surface area contributed by atoms with Gasteiger partial charge in [-0.2, -0.15) is 13.2 Å². The molecule has 2 aromatic carbocycles. The van der Waals surface area contributed by atoms with Gasteiger partial charge < -0.3 is 15.0 Å². The van der Waals surface area contributed by atoms with E-state index in [4.69, 9.17) is 4.74 Å². The van der Waals surface area contributed by atoms with Crippen LogP contribution in [0.15, 0.2) is 48.5 Å². The Morgan fingerprint density at radius 1 is 1.10 bits per heavy atom. The Bertz CT molecular complexity index is 1280. The molecule has 2 amide bonds. The standard InChI is InChI=1S/C28H36F3N3O5S/c1-20(27(36)32-23-11-4-5-12-23)33(19-21-9-6-14-25(17-21)39-2)26(35)15-8-16-34(40(3,37)38)24-13-7-10-22(18-24)28(29,30)31/h6-7,9-10,13-14,17-18,20,23H,4-5,8,11-12,15-16,19H2,1-3H3,(H,32,36)/t20-/m0/s1. The normalized spacial score (nSPS) is 14.9. The van der Waals surface area contributed by atoms with Gasteiger partial charge in [-0.3, -0.25) is 13.9 Å². The molecule has 1 aliphatic rings. The molecule has 3 rings (SSSR count). The Labute approximate surface area is 233 Å². The first-order chi connectivity index (χ1) is 18.8. The van der Waals surface area contributed by atoms with E-state index in [1.54, 1.807) is 25.1 Å². The van der Waals surface area contributed by atoms with Gasteiger partial charge in [0.15, 0.2) is 0 Å². The first-order valence-electron chi connectivity index (χ1n) is 13.2. The average Bonchev–Trinajstić information content (AvgIpc) is 3.41. The van der Waals surface area contributed by atoms with E-state index < -0.39 is 27.8 Å². The number of sulfonamides is 1. The molecule has 0 heterocycles. The summed E-state index contributed by atoms with van der Waals surface area (Å²) in [7, 11) is -2.41. The molecule has 0 bridgehead atoms. The van der Waals surface area contributed by atoms with E-state index in [0.29, 0.717) is 5.75 Å². The molecule has 0 radical (unpaired) electrons. The van der Waals surface area contributed by atoms with Gasteiger partial charge in [-0.1, -0.05) is 31.0 Å². The molecule has 0 aromatic heterocycles. The number of hydrogen-bond acceptors (Lipinski definition) is 5. The second-order valence-electron chi connectivity index (χ2n) is 10.0. The molecule has 220 valence electrons. The fraction of sp³-hybridized carbons (Fsp3) is 0.500. The van der Waals surface area contributed by atoms with Crippen LogP contribution >= 0.6 is 0 Å². The van der Waals surface area contributed by atoms with Crippen molar-refractivity contribution in [2.45, 2.75) is 70.3 Å². The quantitative estimate of drug-likeness (QED) is 0.390. The van der Waals surface area contributed by atoms with Crippen LogP contribution in [0.1, 0.15) is 56.6 Å². The minimum absolute atomic E-state index is 0.0354. The number of rotatable bonds is 12. The number of carbonyl (C=O) groups is 2. The summed E-state index contributed by atoms with van der Waals surface area (Å²) in [6, 6.07) is 10.4. The van der Waals surface area contributed by atoms with Gasteiger partial charge in [0, 0.05) is 25.6 Å². The van der Waals surface area contributed by atoms with Crippen molar-refractivity contribution < 1.29 is 35.9 Å². The van der Waals surface area contributed by atoms with E-state index in [9.17, 15) is 31.2 Å². The van der Waals surface area contributed by atoms with Gasteiger partial charge in [0.05, 0.1) is 24.6 Å². The lowest BCUT2D eigenvalue weighted by atomic mass is 10.1. The Hall–Kier alpha value is -3.28. The molecule has 0 unspecified atom stereocenters. The minimum Gasteiger partial charge on any atom is -0.497 e. The van der Waals surface area contributed by atoms with Crippen LogP contribution in [0, 0.1) is 0 Å². The second kappa shape index (κ2) is 13.4. The van der Waals surface area contributed by atoms with Crippen molar-refractivity contribution in [1.29, 1.82) is 0 Å². The molecule has 2 aromatic rings. The van der Waals surface area contributed by atoms with Crippen molar-refractivity contribution in [3.05, 3.63) is 59.7 Å². The monoisotopic (exact) mass is 583 g/mol. The predicted octanol–water partition coefficient (Wildman–Crippen LogP) is 4.74. The first kappa shape index (κ1) is 31.3. The fourth-order valence-corrected chi connectivity index (χ4v) is 5.74. The number of amides is 2. The van der Waals surface area contributed by atoms with Crippen LogP contribution in [0.4, 0.5) is 18.9 Å². The zero-order chi connectivity index (χ0) is 29.5. The second-order valence-corrected chi connectivity index (χ2v) is 11.9. The molecule has 1 aliphatic carbocycles. The van der Waals surface area contributed by atoms with Crippen molar-refractivity contribution >= 4 is 27.5 Å². The third-order valence-electron chi connectivity index (χ3n) is 6.97. The summed E-state index contributed by atoms with van der Waals surface area (Å²) in [4.78, 5) is 27.9. The van der Waals surface area contributed by atoms with Gasteiger partial charge in [-0.25, -0.2) is 8.42 Å². The lowest BCUT2D eigenvalue weighted by Crippen LogP contribution is -2.49. The van der Waals surface area contributed by atoms with E-state index >= 15 is 0 Å². The van der Waals surface area contributed by atoms with Crippen LogP contribution in [0.5, 0.6) is 5.75 Å². The minimum atomic E-state index is -4.63. The molecular formula is C28H36F3N3O5S. The molecule has 1 atom stereocenters. The van der Waals surface area contributed by atoms with Gasteiger partial charge in [0.25, 0.3) is 0 Å². The smallest absolute Gasteiger partial charge is 0.416 e. The lowest BCUT2D eigenvalue weighted by molar-refractivity contribution is -0.141. The third-order valence-corrected chi connectivity index (χ3v) is 8.16. The maximum Gasteiger partial charge on any atom is 0.416 e. The highest BCUT2D eigenvalue weighted by atomic mass is 32.2. The Morgan fingerprint density at radius 2 is 1.77 bits per heavy atom. The number of ether oxygens (including phenoxy) is 1. The molecule has 0 saturated heterocycles. The predicted molar refractivity (Wildman–Crippen MR) is 146 cm³/mol. The number of carbonyl (C=O) groups excluding carboxylic acids is 2. The highest BCUT2D eigenvalue weighted by Crippen LogP contribution is 2.32. The summed E-state index contributed by atoms with van der Waals surface area (Å²) in [5.41, 5.74) is -0.362. The van der Waals surface area contributed by atoms with E-state index in [1.807, 2.05) is 6.07 Å². The van der Waals surface area contributed by atoms with Gasteiger partial charge in [-0.05, 0) is 62.1 Å². The van der Waals surface area contributed by atoms with Gasteiger partial charge in [0.2, 0.25) is 21.8 Å². The van der Waals surface area contributed by atoms with Crippen molar-refractivity contribution in [2.75, 3.05) is 24.2 Å². The van der Waals surface area contributed by atoms with Crippen LogP contribution in [0.25, 0.3) is 0 Å². The zero-order valence-electron chi connectivity index (χ0n) is 22.9. The highest BCUT2D eigenvalue weighted by Gasteiger charge is 2.32. The molecule has 0 spiro atoms. The number of nitrogens with zero attached hydrogens (tertiary/aromatic N) is 2. The topological polar surface area (TPSA) is 96.0 Å². The van der Waals surface area contributed by atoms with Crippen LogP contribution in [-0.4, -0.2) is 57.1 Å². The van der Waals surface area contributed by atoms with Crippen LogP contribution in [-0.2, 0) is 32.3 Å². The summed E-state index contributed by atoms with van der Waals surface area (Å²) in [5, 5.41) is 3.02. The molecule has 1 fully saturated rings. The molecule has 1 N–H and O–H groups in total. The molecule has 8 nitrogen and oxygen atoms in total. The van der Waals surface area contributed by atoms with Crippen LogP contribution < -0.4 is 14.4 Å². The number of hydrogen-bond donors (Lipinski definition) is 1. The maximum atomic E-state index is 13.4. The molecule has 0 aliphatic heterocycles. The molecule has 40 heavy (non-hydrogen) atoms. The first-order valence-corrected chi connectivity index (χ1v) is 15.0. The molecule has 1 saturated carbocycles. The van der Waals surface area contributed by atoms with Crippen LogP contribution in [0.2, 0.25) is 0 Å². The number of halogens is 3. The highest BCUT2D eigenvalue weighted by molar-refractivity contribution is 7.92. The molecular weight excluding hydrogens is 547 g/mol. The Kier molecular flexibility index (Phi) is 10.5. The number of methoxy groups -OCH3 is 1. The molecule has 12 heteroatoms. The van der Waals surface area contributed by atoms with Crippen LogP contribution in [0.3, 0.4) is 0 Å². The van der Waals surface area contributed by atoms with E-state index in [1.165, 1.54) is 18.1 Å². The van der Waals surface area contributed by atoms with E-state index in [2.05, 4.69) is 5.32 Å². The summed E-state index contributed by atoms with van der Waals surface area (Å²) in [5.74, 6) is -0.0582. The number of benzene rings is 2. The summed E-state index contributed by atoms with van der Waals surface area (Å²) in [6.07, 6.45) is 0.0373. The third kappa shape index (κ3) is 8.61.